The standard InChI is InChI=1S/C11H14O5S/c1-7(11(12)13)10-8(16-2)5-4-6-9(10)17(3,14)15/h4-7H,1-3H3,(H,12,13). The molecule has 0 aliphatic rings. The van der Waals surface area contributed by atoms with Gasteiger partial charge in [0.25, 0.3) is 0 Å². The monoisotopic (exact) mass is 258 g/mol. The summed E-state index contributed by atoms with van der Waals surface area (Å²) in [7, 11) is -2.11. The lowest BCUT2D eigenvalue weighted by atomic mass is 10.0. The van der Waals surface area contributed by atoms with Crippen LogP contribution in [0.5, 0.6) is 5.75 Å². The van der Waals surface area contributed by atoms with Gasteiger partial charge < -0.3 is 9.84 Å². The summed E-state index contributed by atoms with van der Waals surface area (Å²) < 4.78 is 28.2. The molecule has 0 aliphatic heterocycles. The fourth-order valence-electron chi connectivity index (χ4n) is 1.58. The molecular weight excluding hydrogens is 244 g/mol. The van der Waals surface area contributed by atoms with E-state index < -0.39 is 21.7 Å². The highest BCUT2D eigenvalue weighted by Crippen LogP contribution is 2.32. The molecule has 0 aliphatic carbocycles. The molecular formula is C11H14O5S. The van der Waals surface area contributed by atoms with Crippen LogP contribution in [0.1, 0.15) is 18.4 Å². The van der Waals surface area contributed by atoms with Crippen LogP contribution in [0.4, 0.5) is 0 Å². The zero-order valence-corrected chi connectivity index (χ0v) is 10.6. The first-order valence-corrected chi connectivity index (χ1v) is 6.78. The molecule has 5 nitrogen and oxygen atoms in total. The largest absolute Gasteiger partial charge is 0.496 e. The van der Waals surface area contributed by atoms with Gasteiger partial charge >= 0.3 is 5.97 Å². The minimum Gasteiger partial charge on any atom is -0.496 e. The van der Waals surface area contributed by atoms with Gasteiger partial charge in [0.2, 0.25) is 0 Å². The van der Waals surface area contributed by atoms with E-state index in [1.165, 1.54) is 26.2 Å². The van der Waals surface area contributed by atoms with Crippen LogP contribution in [0.25, 0.3) is 0 Å². The smallest absolute Gasteiger partial charge is 0.310 e. The second-order valence-corrected chi connectivity index (χ2v) is 5.69. The van der Waals surface area contributed by atoms with Crippen molar-refractivity contribution in [1.82, 2.24) is 0 Å². The average Bonchev–Trinajstić information content (AvgIpc) is 2.25. The summed E-state index contributed by atoms with van der Waals surface area (Å²) in [6, 6.07) is 4.45. The van der Waals surface area contributed by atoms with Gasteiger partial charge in [0.1, 0.15) is 5.75 Å². The number of aliphatic carboxylic acids is 1. The van der Waals surface area contributed by atoms with Crippen molar-refractivity contribution in [2.45, 2.75) is 17.7 Å². The summed E-state index contributed by atoms with van der Waals surface area (Å²) in [4.78, 5) is 11.0. The van der Waals surface area contributed by atoms with Gasteiger partial charge in [-0.15, -0.1) is 0 Å². The number of carboxylic acids is 1. The van der Waals surface area contributed by atoms with Gasteiger partial charge in [-0.3, -0.25) is 4.79 Å². The first-order chi connectivity index (χ1) is 7.79. The number of carboxylic acid groups (broad SMARTS) is 1. The van der Waals surface area contributed by atoms with Crippen LogP contribution in [0.2, 0.25) is 0 Å². The Balaban J connectivity index is 3.58. The van der Waals surface area contributed by atoms with Crippen molar-refractivity contribution in [2.24, 2.45) is 0 Å². The van der Waals surface area contributed by atoms with Crippen LogP contribution in [-0.4, -0.2) is 32.9 Å². The van der Waals surface area contributed by atoms with Crippen molar-refractivity contribution in [3.05, 3.63) is 23.8 Å². The maximum atomic E-state index is 11.6. The highest BCUT2D eigenvalue weighted by atomic mass is 32.2. The Morgan fingerprint density at radius 3 is 2.41 bits per heavy atom. The third kappa shape index (κ3) is 2.76. The highest BCUT2D eigenvalue weighted by Gasteiger charge is 2.25. The molecule has 0 saturated carbocycles. The molecule has 1 aromatic rings. The second-order valence-electron chi connectivity index (χ2n) is 3.70. The van der Waals surface area contributed by atoms with E-state index >= 15 is 0 Å². The van der Waals surface area contributed by atoms with Crippen LogP contribution in [-0.2, 0) is 14.6 Å². The maximum absolute atomic E-state index is 11.6. The quantitative estimate of drug-likeness (QED) is 0.880. The van der Waals surface area contributed by atoms with Crippen molar-refractivity contribution in [3.8, 4) is 5.75 Å². The molecule has 0 aromatic heterocycles. The number of sulfone groups is 1. The number of ether oxygens (including phenoxy) is 1. The molecule has 17 heavy (non-hydrogen) atoms. The van der Waals surface area contributed by atoms with Crippen molar-refractivity contribution in [3.63, 3.8) is 0 Å². The van der Waals surface area contributed by atoms with Crippen LogP contribution in [0.3, 0.4) is 0 Å². The molecule has 0 radical (unpaired) electrons. The molecule has 1 N–H and O–H groups in total. The fraction of sp³-hybridized carbons (Fsp3) is 0.364. The van der Waals surface area contributed by atoms with E-state index in [1.54, 1.807) is 6.07 Å². The molecule has 0 spiro atoms. The lowest BCUT2D eigenvalue weighted by Crippen LogP contribution is -2.13. The van der Waals surface area contributed by atoms with E-state index in [1.807, 2.05) is 0 Å². The number of carbonyl (C=O) groups is 1. The lowest BCUT2D eigenvalue weighted by Gasteiger charge is -2.15. The van der Waals surface area contributed by atoms with E-state index in [0.29, 0.717) is 0 Å². The normalized spacial score (nSPS) is 13.1. The van der Waals surface area contributed by atoms with E-state index in [4.69, 9.17) is 9.84 Å². The predicted molar refractivity (Wildman–Crippen MR) is 62.2 cm³/mol. The van der Waals surface area contributed by atoms with Crippen molar-refractivity contribution >= 4 is 15.8 Å². The summed E-state index contributed by atoms with van der Waals surface area (Å²) in [6.07, 6.45) is 1.04. The molecule has 0 heterocycles. The van der Waals surface area contributed by atoms with E-state index in [0.717, 1.165) is 6.26 Å². The summed E-state index contributed by atoms with van der Waals surface area (Å²) in [5.41, 5.74) is 0.185. The number of rotatable bonds is 4. The molecule has 0 saturated heterocycles. The third-order valence-corrected chi connectivity index (χ3v) is 3.60. The van der Waals surface area contributed by atoms with Crippen molar-refractivity contribution < 1.29 is 23.1 Å². The molecule has 0 bridgehead atoms. The first-order valence-electron chi connectivity index (χ1n) is 4.88. The van der Waals surface area contributed by atoms with Gasteiger partial charge in [-0.05, 0) is 19.1 Å². The fourth-order valence-corrected chi connectivity index (χ4v) is 2.58. The SMILES string of the molecule is COc1cccc(S(C)(=O)=O)c1C(C)C(=O)O. The number of methoxy groups -OCH3 is 1. The number of hydrogen-bond acceptors (Lipinski definition) is 4. The van der Waals surface area contributed by atoms with Crippen molar-refractivity contribution in [2.75, 3.05) is 13.4 Å². The predicted octanol–water partition coefficient (Wildman–Crippen LogP) is 1.29. The Labute approximate surface area is 100.0 Å². The van der Waals surface area contributed by atoms with E-state index in [9.17, 15) is 13.2 Å². The van der Waals surface area contributed by atoms with Crippen LogP contribution >= 0.6 is 0 Å². The Bertz CT molecular complexity index is 533. The van der Waals surface area contributed by atoms with Crippen LogP contribution < -0.4 is 4.74 Å². The Hall–Kier alpha value is -1.56. The summed E-state index contributed by atoms with van der Waals surface area (Å²) in [5, 5.41) is 9.00. The molecule has 1 aromatic carbocycles. The molecule has 0 fully saturated rings. The zero-order chi connectivity index (χ0) is 13.2. The van der Waals surface area contributed by atoms with Gasteiger partial charge in [0, 0.05) is 11.8 Å². The minimum absolute atomic E-state index is 0.00764. The molecule has 1 unspecified atom stereocenters. The highest BCUT2D eigenvalue weighted by molar-refractivity contribution is 7.90. The summed E-state index contributed by atoms with van der Waals surface area (Å²) >= 11 is 0. The topological polar surface area (TPSA) is 80.7 Å². The second kappa shape index (κ2) is 4.75. The van der Waals surface area contributed by atoms with Gasteiger partial charge in [0.15, 0.2) is 9.84 Å². The van der Waals surface area contributed by atoms with Gasteiger partial charge in [-0.25, -0.2) is 8.42 Å². The Morgan fingerprint density at radius 2 is 2.00 bits per heavy atom. The van der Waals surface area contributed by atoms with Gasteiger partial charge in [-0.1, -0.05) is 6.07 Å². The average molecular weight is 258 g/mol. The van der Waals surface area contributed by atoms with Crippen molar-refractivity contribution in [1.29, 1.82) is 0 Å². The number of hydrogen-bond donors (Lipinski definition) is 1. The maximum Gasteiger partial charge on any atom is 0.310 e. The minimum atomic E-state index is -3.49. The summed E-state index contributed by atoms with van der Waals surface area (Å²) in [6.45, 7) is 1.43. The van der Waals surface area contributed by atoms with Gasteiger partial charge in [0.05, 0.1) is 17.9 Å². The summed E-state index contributed by atoms with van der Waals surface area (Å²) in [5.74, 6) is -1.78. The van der Waals surface area contributed by atoms with Gasteiger partial charge in [-0.2, -0.15) is 0 Å². The zero-order valence-electron chi connectivity index (χ0n) is 9.80. The van der Waals surface area contributed by atoms with E-state index in [2.05, 4.69) is 0 Å². The van der Waals surface area contributed by atoms with Crippen LogP contribution in [0, 0.1) is 0 Å². The molecule has 1 rings (SSSR count). The first kappa shape index (κ1) is 13.5. The molecule has 6 heteroatoms. The molecule has 0 amide bonds. The molecule has 1 atom stereocenters. The third-order valence-electron chi connectivity index (χ3n) is 2.45. The van der Waals surface area contributed by atoms with E-state index in [-0.39, 0.29) is 16.2 Å². The Morgan fingerprint density at radius 1 is 1.41 bits per heavy atom. The Kier molecular flexibility index (Phi) is 3.77. The molecule has 94 valence electrons. The number of benzene rings is 1. The lowest BCUT2D eigenvalue weighted by molar-refractivity contribution is -0.138. The van der Waals surface area contributed by atoms with Crippen LogP contribution in [0.15, 0.2) is 23.1 Å².